The molecule has 188 valence electrons. The van der Waals surface area contributed by atoms with Gasteiger partial charge in [-0.1, -0.05) is 24.3 Å². The summed E-state index contributed by atoms with van der Waals surface area (Å²) in [7, 11) is 1.74. The van der Waals surface area contributed by atoms with Gasteiger partial charge >= 0.3 is 5.97 Å². The zero-order chi connectivity index (χ0) is 25.5. The van der Waals surface area contributed by atoms with Crippen molar-refractivity contribution in [3.8, 4) is 11.1 Å². The lowest BCUT2D eigenvalue weighted by Gasteiger charge is -2.35. The molecule has 1 aliphatic heterocycles. The second-order valence-electron chi connectivity index (χ2n) is 8.82. The van der Waals surface area contributed by atoms with Crippen molar-refractivity contribution in [3.63, 3.8) is 0 Å². The Balaban J connectivity index is 1.33. The van der Waals surface area contributed by atoms with Gasteiger partial charge in [0.1, 0.15) is 5.82 Å². The van der Waals surface area contributed by atoms with Crippen molar-refractivity contribution < 1.29 is 14.7 Å². The minimum atomic E-state index is -0.803. The van der Waals surface area contributed by atoms with Crippen molar-refractivity contribution in [1.82, 2.24) is 19.9 Å². The summed E-state index contributed by atoms with van der Waals surface area (Å²) in [5.74, 6) is 0.683. The van der Waals surface area contributed by atoms with E-state index in [1.807, 2.05) is 48.8 Å². The maximum atomic E-state index is 11.8. The number of benzene rings is 1. The lowest BCUT2D eigenvalue weighted by Crippen LogP contribution is -2.47. The van der Waals surface area contributed by atoms with E-state index in [2.05, 4.69) is 24.8 Å². The fourth-order valence-corrected chi connectivity index (χ4v) is 4.14. The molecule has 0 atom stereocenters. The quantitative estimate of drug-likeness (QED) is 0.462. The molecule has 0 aliphatic carbocycles. The topological polar surface area (TPSA) is 129 Å². The van der Waals surface area contributed by atoms with Gasteiger partial charge in [0.2, 0.25) is 11.9 Å². The fraction of sp³-hybridized carbons (Fsp3) is 0.346. The number of aliphatic carboxylic acids is 1. The second-order valence-corrected chi connectivity index (χ2v) is 8.82. The molecule has 10 heteroatoms. The summed E-state index contributed by atoms with van der Waals surface area (Å²) in [6.07, 6.45) is 6.02. The van der Waals surface area contributed by atoms with Crippen molar-refractivity contribution in [2.75, 3.05) is 49.6 Å². The van der Waals surface area contributed by atoms with Crippen LogP contribution in [-0.2, 0) is 22.6 Å². The van der Waals surface area contributed by atoms with Crippen LogP contribution in [-0.4, -0.2) is 76.6 Å². The number of nitrogens with zero attached hydrogens (tertiary/aromatic N) is 6. The van der Waals surface area contributed by atoms with Crippen LogP contribution in [0.3, 0.4) is 0 Å². The highest BCUT2D eigenvalue weighted by atomic mass is 16.4. The van der Waals surface area contributed by atoms with Gasteiger partial charge in [0, 0.05) is 70.3 Å². The molecule has 1 saturated heterocycles. The third kappa shape index (κ3) is 6.33. The number of aryl methyl sites for hydroxylation is 1. The number of carbonyl (C=O) groups is 2. The Bertz CT molecular complexity index is 1180. The Labute approximate surface area is 210 Å². The lowest BCUT2D eigenvalue weighted by atomic mass is 10.1. The molecular formula is C26H31N7O3. The maximum Gasteiger partial charge on any atom is 0.303 e. The Morgan fingerprint density at radius 1 is 0.944 bits per heavy atom. The molecule has 0 bridgehead atoms. The number of anilines is 2. The van der Waals surface area contributed by atoms with E-state index in [-0.39, 0.29) is 18.9 Å². The molecule has 0 saturated carbocycles. The van der Waals surface area contributed by atoms with Gasteiger partial charge in [0.25, 0.3) is 0 Å². The number of piperazine rings is 1. The number of carbonyl (C=O) groups excluding carboxylic acids is 1. The number of likely N-dealkylation sites (N-methyl/N-ethyl adjacent to an activating group) is 1. The molecule has 1 fully saturated rings. The number of aromatic nitrogens is 3. The molecule has 1 amide bonds. The molecule has 1 aromatic carbocycles. The van der Waals surface area contributed by atoms with Crippen LogP contribution in [0.5, 0.6) is 0 Å². The van der Waals surface area contributed by atoms with Gasteiger partial charge < -0.3 is 25.5 Å². The first-order valence-corrected chi connectivity index (χ1v) is 11.9. The van der Waals surface area contributed by atoms with Crippen LogP contribution < -0.4 is 15.5 Å². The van der Waals surface area contributed by atoms with Crippen LogP contribution in [0.4, 0.5) is 11.8 Å². The van der Waals surface area contributed by atoms with Crippen LogP contribution in [0.25, 0.3) is 11.1 Å². The normalized spacial score (nSPS) is 13.5. The van der Waals surface area contributed by atoms with Crippen molar-refractivity contribution in [2.45, 2.75) is 19.4 Å². The molecule has 10 nitrogen and oxygen atoms in total. The third-order valence-corrected chi connectivity index (χ3v) is 6.24. The smallest absolute Gasteiger partial charge is 0.303 e. The van der Waals surface area contributed by atoms with E-state index in [1.165, 1.54) is 0 Å². The maximum absolute atomic E-state index is 11.8. The van der Waals surface area contributed by atoms with E-state index < -0.39 is 5.97 Å². The molecular weight excluding hydrogens is 458 g/mol. The molecule has 0 spiro atoms. The van der Waals surface area contributed by atoms with Gasteiger partial charge in [-0.2, -0.15) is 0 Å². The lowest BCUT2D eigenvalue weighted by molar-refractivity contribution is -0.137. The highest BCUT2D eigenvalue weighted by Gasteiger charge is 2.20. The summed E-state index contributed by atoms with van der Waals surface area (Å²) >= 11 is 0. The summed E-state index contributed by atoms with van der Waals surface area (Å²) in [4.78, 5) is 42.2. The van der Waals surface area contributed by atoms with Crippen LogP contribution in [0.1, 0.15) is 17.5 Å². The van der Waals surface area contributed by atoms with Gasteiger partial charge in [0.15, 0.2) is 0 Å². The second kappa shape index (κ2) is 11.6. The third-order valence-electron chi connectivity index (χ3n) is 6.24. The van der Waals surface area contributed by atoms with Crippen LogP contribution in [0.2, 0.25) is 0 Å². The van der Waals surface area contributed by atoms with Crippen molar-refractivity contribution in [2.24, 2.45) is 5.73 Å². The molecule has 4 rings (SSSR count). The summed E-state index contributed by atoms with van der Waals surface area (Å²) in [5, 5.41) is 8.83. The number of hydrogen-bond donors (Lipinski definition) is 2. The first kappa shape index (κ1) is 25.1. The van der Waals surface area contributed by atoms with E-state index in [9.17, 15) is 9.59 Å². The molecule has 36 heavy (non-hydrogen) atoms. The number of nitrogens with two attached hydrogens (primary N) is 1. The van der Waals surface area contributed by atoms with Crippen LogP contribution in [0, 0.1) is 0 Å². The van der Waals surface area contributed by atoms with Gasteiger partial charge in [0.05, 0.1) is 6.54 Å². The minimum Gasteiger partial charge on any atom is -0.481 e. The average molecular weight is 490 g/mol. The van der Waals surface area contributed by atoms with Crippen LogP contribution >= 0.6 is 0 Å². The highest BCUT2D eigenvalue weighted by molar-refractivity contribution is 5.77. The molecule has 0 unspecified atom stereocenters. The number of pyridine rings is 1. The predicted octanol–water partition coefficient (Wildman–Crippen LogP) is 1.80. The van der Waals surface area contributed by atoms with Crippen molar-refractivity contribution in [3.05, 3.63) is 66.1 Å². The SMILES string of the molecule is CN(Cc1cccc(-c2cnc(N3CCN(c4ccc(CCC(=O)O)cn4)CC3)nc2)c1)C(=O)CN. The molecule has 3 heterocycles. The van der Waals surface area contributed by atoms with E-state index in [4.69, 9.17) is 10.8 Å². The Kier molecular flexibility index (Phi) is 8.06. The molecule has 0 radical (unpaired) electrons. The number of hydrogen-bond acceptors (Lipinski definition) is 8. The number of carboxylic acid groups (broad SMARTS) is 1. The average Bonchev–Trinajstić information content (AvgIpc) is 2.92. The Morgan fingerprint density at radius 3 is 2.31 bits per heavy atom. The summed E-state index contributed by atoms with van der Waals surface area (Å²) < 4.78 is 0. The first-order valence-electron chi connectivity index (χ1n) is 11.9. The summed E-state index contributed by atoms with van der Waals surface area (Å²) in [6, 6.07) is 11.9. The van der Waals surface area contributed by atoms with Gasteiger partial charge in [-0.3, -0.25) is 9.59 Å². The number of carboxylic acids is 1. The van der Waals surface area contributed by atoms with E-state index in [0.717, 1.165) is 54.3 Å². The van der Waals surface area contributed by atoms with E-state index in [1.54, 1.807) is 18.1 Å². The van der Waals surface area contributed by atoms with Gasteiger partial charge in [-0.25, -0.2) is 15.0 Å². The van der Waals surface area contributed by atoms with Crippen molar-refractivity contribution in [1.29, 1.82) is 0 Å². The van der Waals surface area contributed by atoms with E-state index >= 15 is 0 Å². The van der Waals surface area contributed by atoms with Gasteiger partial charge in [-0.15, -0.1) is 0 Å². The first-order chi connectivity index (χ1) is 17.4. The summed E-state index contributed by atoms with van der Waals surface area (Å²) in [6.45, 7) is 3.63. The molecule has 3 N–H and O–H groups in total. The monoisotopic (exact) mass is 489 g/mol. The minimum absolute atomic E-state index is 0.00283. The van der Waals surface area contributed by atoms with Gasteiger partial charge in [-0.05, 0) is 35.2 Å². The summed E-state index contributed by atoms with van der Waals surface area (Å²) in [5.41, 5.74) is 9.30. The fourth-order valence-electron chi connectivity index (χ4n) is 4.14. The van der Waals surface area contributed by atoms with E-state index in [0.29, 0.717) is 18.9 Å². The highest BCUT2D eigenvalue weighted by Crippen LogP contribution is 2.22. The van der Waals surface area contributed by atoms with Crippen molar-refractivity contribution >= 4 is 23.6 Å². The zero-order valence-corrected chi connectivity index (χ0v) is 20.4. The molecule has 1 aliphatic rings. The number of rotatable bonds is 9. The van der Waals surface area contributed by atoms with Crippen LogP contribution in [0.15, 0.2) is 55.0 Å². The predicted molar refractivity (Wildman–Crippen MR) is 138 cm³/mol. The largest absolute Gasteiger partial charge is 0.481 e. The Hall–Kier alpha value is -4.05. The standard InChI is InChI=1S/C26H31N7O3/c1-31(24(34)14-27)18-20-3-2-4-21(13-20)22-16-29-26(30-17-22)33-11-9-32(10-12-33)23-7-5-19(15-28-23)6-8-25(35)36/h2-5,7,13,15-17H,6,8-12,14,18,27H2,1H3,(H,35,36). The number of amides is 1. The Morgan fingerprint density at radius 2 is 1.67 bits per heavy atom. The molecule has 3 aromatic rings. The zero-order valence-electron chi connectivity index (χ0n) is 20.4. The molecule has 2 aromatic heterocycles.